The van der Waals surface area contributed by atoms with Crippen LogP contribution >= 0.6 is 11.6 Å². The summed E-state index contributed by atoms with van der Waals surface area (Å²) in [6, 6.07) is 7.27. The highest BCUT2D eigenvalue weighted by molar-refractivity contribution is 6.30. The Bertz CT molecular complexity index is 429. The predicted molar refractivity (Wildman–Crippen MR) is 83.9 cm³/mol. The zero-order chi connectivity index (χ0) is 15.5. The first-order valence-electron chi connectivity index (χ1n) is 6.94. The van der Waals surface area contributed by atoms with Gasteiger partial charge in [-0.25, -0.2) is 0 Å². The number of likely N-dealkylation sites (N-methyl/N-ethyl adjacent to an activating group) is 1. The molecule has 21 heavy (non-hydrogen) atoms. The number of rotatable bonds is 10. The minimum atomic E-state index is 0.0105. The summed E-state index contributed by atoms with van der Waals surface area (Å²) in [4.78, 5) is 13.6. The lowest BCUT2D eigenvalue weighted by atomic mass is 10.3. The molecule has 0 atom stereocenters. The third kappa shape index (κ3) is 8.55. The normalized spacial score (nSPS) is 10.7. The van der Waals surface area contributed by atoms with Gasteiger partial charge in [-0.3, -0.25) is 9.69 Å². The van der Waals surface area contributed by atoms with E-state index in [-0.39, 0.29) is 5.91 Å². The Kier molecular flexibility index (Phi) is 8.82. The molecule has 118 valence electrons. The van der Waals surface area contributed by atoms with Gasteiger partial charge in [-0.2, -0.15) is 0 Å². The van der Waals surface area contributed by atoms with Crippen molar-refractivity contribution in [1.29, 1.82) is 0 Å². The summed E-state index contributed by atoms with van der Waals surface area (Å²) < 4.78 is 10.5. The quantitative estimate of drug-likeness (QED) is 0.669. The van der Waals surface area contributed by atoms with Crippen molar-refractivity contribution in [2.75, 3.05) is 47.0 Å². The molecule has 0 bridgehead atoms. The van der Waals surface area contributed by atoms with Gasteiger partial charge in [0.15, 0.2) is 0 Å². The van der Waals surface area contributed by atoms with E-state index in [2.05, 4.69) is 5.32 Å². The van der Waals surface area contributed by atoms with Crippen LogP contribution in [0.1, 0.15) is 6.42 Å². The van der Waals surface area contributed by atoms with Gasteiger partial charge in [-0.05, 0) is 31.7 Å². The summed E-state index contributed by atoms with van der Waals surface area (Å²) in [6.07, 6.45) is 0.823. The number of hydrogen-bond donors (Lipinski definition) is 1. The van der Waals surface area contributed by atoms with E-state index in [9.17, 15) is 4.79 Å². The van der Waals surface area contributed by atoms with Crippen LogP contribution in [0, 0.1) is 0 Å². The van der Waals surface area contributed by atoms with Crippen LogP contribution < -0.4 is 10.1 Å². The molecule has 5 nitrogen and oxygen atoms in total. The van der Waals surface area contributed by atoms with E-state index >= 15 is 0 Å². The van der Waals surface area contributed by atoms with Crippen LogP contribution in [0.2, 0.25) is 5.02 Å². The molecular weight excluding hydrogens is 292 g/mol. The molecule has 1 amide bonds. The average Bonchev–Trinajstić information content (AvgIpc) is 2.43. The van der Waals surface area contributed by atoms with Crippen LogP contribution in [-0.4, -0.2) is 57.8 Å². The summed E-state index contributed by atoms with van der Waals surface area (Å²) >= 11 is 5.87. The van der Waals surface area contributed by atoms with Gasteiger partial charge in [-0.1, -0.05) is 17.7 Å². The van der Waals surface area contributed by atoms with Crippen molar-refractivity contribution in [3.05, 3.63) is 29.3 Å². The van der Waals surface area contributed by atoms with E-state index < -0.39 is 0 Å². The fourth-order valence-electron chi connectivity index (χ4n) is 1.70. The van der Waals surface area contributed by atoms with Crippen molar-refractivity contribution in [1.82, 2.24) is 10.2 Å². The molecule has 1 rings (SSSR count). The molecule has 0 fully saturated rings. The highest BCUT2D eigenvalue weighted by Crippen LogP contribution is 2.16. The van der Waals surface area contributed by atoms with Gasteiger partial charge in [-0.15, -0.1) is 0 Å². The van der Waals surface area contributed by atoms with Crippen LogP contribution in [0.4, 0.5) is 0 Å². The number of carbonyl (C=O) groups excluding carboxylic acids is 1. The second kappa shape index (κ2) is 10.4. The fourth-order valence-corrected chi connectivity index (χ4v) is 1.88. The predicted octanol–water partition coefficient (Wildman–Crippen LogP) is 1.80. The zero-order valence-corrected chi connectivity index (χ0v) is 13.4. The summed E-state index contributed by atoms with van der Waals surface area (Å²) in [6.45, 7) is 2.82. The molecule has 1 aromatic carbocycles. The number of nitrogens with zero attached hydrogens (tertiary/aromatic N) is 1. The molecule has 0 heterocycles. The van der Waals surface area contributed by atoms with E-state index in [1.807, 2.05) is 24.1 Å². The van der Waals surface area contributed by atoms with E-state index in [1.165, 1.54) is 0 Å². The topological polar surface area (TPSA) is 50.8 Å². The van der Waals surface area contributed by atoms with Gasteiger partial charge in [0.2, 0.25) is 5.91 Å². The minimum absolute atomic E-state index is 0.0105. The number of carbonyl (C=O) groups is 1. The third-order valence-corrected chi connectivity index (χ3v) is 3.03. The van der Waals surface area contributed by atoms with Crippen molar-refractivity contribution in [3.63, 3.8) is 0 Å². The molecule has 0 spiro atoms. The van der Waals surface area contributed by atoms with Crippen molar-refractivity contribution in [2.24, 2.45) is 0 Å². The van der Waals surface area contributed by atoms with Crippen molar-refractivity contribution in [2.45, 2.75) is 6.42 Å². The molecule has 6 heteroatoms. The molecule has 0 aliphatic carbocycles. The number of halogens is 1. The van der Waals surface area contributed by atoms with Crippen LogP contribution in [0.25, 0.3) is 0 Å². The minimum Gasteiger partial charge on any atom is -0.492 e. The molecular formula is C15H23ClN2O3. The molecule has 0 unspecified atom stereocenters. The van der Waals surface area contributed by atoms with Gasteiger partial charge in [0.1, 0.15) is 12.4 Å². The maximum atomic E-state index is 11.6. The maximum absolute atomic E-state index is 11.6. The second-order valence-electron chi connectivity index (χ2n) is 4.74. The Balaban J connectivity index is 2.13. The molecule has 0 radical (unpaired) electrons. The molecule has 0 saturated carbocycles. The number of amides is 1. The standard InChI is InChI=1S/C15H23ClN2O3/c1-18(12-15(19)17-7-4-9-20-2)8-10-21-14-6-3-5-13(16)11-14/h3,5-6,11H,4,7-10,12H2,1-2H3,(H,17,19). The molecule has 1 aromatic rings. The van der Waals surface area contributed by atoms with Crippen LogP contribution in [0.3, 0.4) is 0 Å². The van der Waals surface area contributed by atoms with E-state index in [0.29, 0.717) is 37.9 Å². The number of nitrogens with one attached hydrogen (secondary N) is 1. The summed E-state index contributed by atoms with van der Waals surface area (Å²) in [5.41, 5.74) is 0. The summed E-state index contributed by atoms with van der Waals surface area (Å²) in [7, 11) is 3.53. The Labute approximate surface area is 131 Å². The lowest BCUT2D eigenvalue weighted by Crippen LogP contribution is -2.37. The highest BCUT2D eigenvalue weighted by Gasteiger charge is 2.06. The lowest BCUT2D eigenvalue weighted by molar-refractivity contribution is -0.122. The van der Waals surface area contributed by atoms with Crippen LogP contribution in [0.15, 0.2) is 24.3 Å². The molecule has 1 N–H and O–H groups in total. The second-order valence-corrected chi connectivity index (χ2v) is 5.18. The number of ether oxygens (including phenoxy) is 2. The monoisotopic (exact) mass is 314 g/mol. The first-order chi connectivity index (χ1) is 10.1. The fraction of sp³-hybridized carbons (Fsp3) is 0.533. The Morgan fingerprint density at radius 1 is 1.38 bits per heavy atom. The van der Waals surface area contributed by atoms with Gasteiger partial charge in [0.05, 0.1) is 6.54 Å². The van der Waals surface area contributed by atoms with E-state index in [0.717, 1.165) is 12.2 Å². The van der Waals surface area contributed by atoms with E-state index in [4.69, 9.17) is 21.1 Å². The molecule has 0 aliphatic rings. The first-order valence-corrected chi connectivity index (χ1v) is 7.32. The Morgan fingerprint density at radius 3 is 2.90 bits per heavy atom. The van der Waals surface area contributed by atoms with Crippen LogP contribution in [0.5, 0.6) is 5.75 Å². The number of methoxy groups -OCH3 is 1. The van der Waals surface area contributed by atoms with Crippen molar-refractivity contribution < 1.29 is 14.3 Å². The van der Waals surface area contributed by atoms with E-state index in [1.54, 1.807) is 19.2 Å². The lowest BCUT2D eigenvalue weighted by Gasteiger charge is -2.16. The van der Waals surface area contributed by atoms with Gasteiger partial charge < -0.3 is 14.8 Å². The smallest absolute Gasteiger partial charge is 0.234 e. The van der Waals surface area contributed by atoms with Gasteiger partial charge in [0, 0.05) is 31.8 Å². The zero-order valence-electron chi connectivity index (χ0n) is 12.6. The summed E-state index contributed by atoms with van der Waals surface area (Å²) in [5.74, 6) is 0.747. The number of benzene rings is 1. The molecule has 0 saturated heterocycles. The van der Waals surface area contributed by atoms with Crippen LogP contribution in [-0.2, 0) is 9.53 Å². The largest absolute Gasteiger partial charge is 0.492 e. The first kappa shape index (κ1) is 17.8. The third-order valence-electron chi connectivity index (χ3n) is 2.80. The molecule has 0 aromatic heterocycles. The Morgan fingerprint density at radius 2 is 2.19 bits per heavy atom. The van der Waals surface area contributed by atoms with Crippen molar-refractivity contribution in [3.8, 4) is 5.75 Å². The Hall–Kier alpha value is -1.30. The average molecular weight is 315 g/mol. The summed E-state index contributed by atoms with van der Waals surface area (Å²) in [5, 5.41) is 3.49. The van der Waals surface area contributed by atoms with Gasteiger partial charge >= 0.3 is 0 Å². The number of hydrogen-bond acceptors (Lipinski definition) is 4. The van der Waals surface area contributed by atoms with Gasteiger partial charge in [0.25, 0.3) is 0 Å². The maximum Gasteiger partial charge on any atom is 0.234 e. The molecule has 0 aliphatic heterocycles. The highest BCUT2D eigenvalue weighted by atomic mass is 35.5. The SMILES string of the molecule is COCCCNC(=O)CN(C)CCOc1cccc(Cl)c1. The van der Waals surface area contributed by atoms with Crippen molar-refractivity contribution >= 4 is 17.5 Å².